The molecule has 0 unspecified atom stereocenters. The molecule has 2 aromatic carbocycles. The number of hydrogen-bond donors (Lipinski definition) is 3. The second-order valence-electron chi connectivity index (χ2n) is 6.52. The number of ether oxygens (including phenoxy) is 1. The molecule has 0 atom stereocenters. The Balaban J connectivity index is 0.000000231. The van der Waals surface area contributed by atoms with Gasteiger partial charge in [-0.1, -0.05) is 24.3 Å². The summed E-state index contributed by atoms with van der Waals surface area (Å²) in [4.78, 5) is 0. The molecule has 0 aliphatic heterocycles. The standard InChI is InChI=1S/C10H15NO.C9H13NO/c1-10(2,12-3)8-4-6-9(11)7-5-8;1-9(2,11)7-3-5-8(10)6-4-7/h4-7H,11H2,1-3H3;3-6,11H,10H2,1-2H3. The van der Waals surface area contributed by atoms with E-state index in [0.29, 0.717) is 0 Å². The summed E-state index contributed by atoms with van der Waals surface area (Å²) in [7, 11) is 1.70. The van der Waals surface area contributed by atoms with Crippen LogP contribution in [0.1, 0.15) is 38.8 Å². The number of benzene rings is 2. The summed E-state index contributed by atoms with van der Waals surface area (Å²) in [5.74, 6) is 0. The Morgan fingerprint density at radius 2 is 1.09 bits per heavy atom. The zero-order chi connectivity index (χ0) is 17.7. The summed E-state index contributed by atoms with van der Waals surface area (Å²) >= 11 is 0. The van der Waals surface area contributed by atoms with Gasteiger partial charge in [0.1, 0.15) is 0 Å². The number of aliphatic hydroxyl groups is 1. The molecule has 126 valence electrons. The van der Waals surface area contributed by atoms with Gasteiger partial charge in [-0.2, -0.15) is 0 Å². The van der Waals surface area contributed by atoms with Crippen LogP contribution in [0.2, 0.25) is 0 Å². The molecule has 23 heavy (non-hydrogen) atoms. The minimum Gasteiger partial charge on any atom is -0.399 e. The van der Waals surface area contributed by atoms with Gasteiger partial charge in [-0.25, -0.2) is 0 Å². The van der Waals surface area contributed by atoms with Gasteiger partial charge in [0, 0.05) is 18.5 Å². The molecule has 0 aliphatic carbocycles. The molecule has 2 aromatic rings. The van der Waals surface area contributed by atoms with Gasteiger partial charge in [-0.3, -0.25) is 0 Å². The molecule has 0 aromatic heterocycles. The van der Waals surface area contributed by atoms with Crippen LogP contribution in [0.4, 0.5) is 11.4 Å². The van der Waals surface area contributed by atoms with Crippen molar-refractivity contribution in [3.63, 3.8) is 0 Å². The molecule has 0 saturated carbocycles. The van der Waals surface area contributed by atoms with Crippen LogP contribution in [0.3, 0.4) is 0 Å². The van der Waals surface area contributed by atoms with E-state index < -0.39 is 5.60 Å². The molecule has 0 fully saturated rings. The quantitative estimate of drug-likeness (QED) is 0.755. The molecule has 0 heterocycles. The molecule has 4 nitrogen and oxygen atoms in total. The number of nitrogens with two attached hydrogens (primary N) is 2. The second-order valence-corrected chi connectivity index (χ2v) is 6.52. The summed E-state index contributed by atoms with van der Waals surface area (Å²) in [5.41, 5.74) is 13.6. The third-order valence-corrected chi connectivity index (χ3v) is 3.73. The third-order valence-electron chi connectivity index (χ3n) is 3.73. The van der Waals surface area contributed by atoms with Crippen molar-refractivity contribution in [3.05, 3.63) is 59.7 Å². The number of anilines is 2. The first-order chi connectivity index (χ1) is 10.6. The Bertz CT molecular complexity index is 597. The fraction of sp³-hybridized carbons (Fsp3) is 0.368. The van der Waals surface area contributed by atoms with Crippen molar-refractivity contribution in [3.8, 4) is 0 Å². The summed E-state index contributed by atoms with van der Waals surface area (Å²) in [6.45, 7) is 7.55. The molecule has 0 aliphatic rings. The molecule has 0 saturated heterocycles. The van der Waals surface area contributed by atoms with E-state index in [-0.39, 0.29) is 5.60 Å². The average Bonchev–Trinajstić information content (AvgIpc) is 2.48. The highest BCUT2D eigenvalue weighted by atomic mass is 16.5. The number of rotatable bonds is 3. The number of methoxy groups -OCH3 is 1. The van der Waals surface area contributed by atoms with Gasteiger partial charge in [0.2, 0.25) is 0 Å². The second kappa shape index (κ2) is 7.49. The maximum atomic E-state index is 9.54. The molecule has 2 rings (SSSR count). The maximum absolute atomic E-state index is 9.54. The van der Waals surface area contributed by atoms with Gasteiger partial charge in [0.25, 0.3) is 0 Å². The monoisotopic (exact) mass is 316 g/mol. The molecular formula is C19H28N2O2. The third kappa shape index (κ3) is 5.93. The molecular weight excluding hydrogens is 288 g/mol. The lowest BCUT2D eigenvalue weighted by atomic mass is 9.98. The lowest BCUT2D eigenvalue weighted by molar-refractivity contribution is 0.0192. The summed E-state index contributed by atoms with van der Waals surface area (Å²) < 4.78 is 5.32. The van der Waals surface area contributed by atoms with Gasteiger partial charge >= 0.3 is 0 Å². The van der Waals surface area contributed by atoms with Crippen molar-refractivity contribution in [2.75, 3.05) is 18.6 Å². The van der Waals surface area contributed by atoms with E-state index in [1.165, 1.54) is 0 Å². The van der Waals surface area contributed by atoms with Gasteiger partial charge in [-0.15, -0.1) is 0 Å². The van der Waals surface area contributed by atoms with Crippen LogP contribution >= 0.6 is 0 Å². The maximum Gasteiger partial charge on any atom is 0.0871 e. The van der Waals surface area contributed by atoms with Crippen LogP contribution in [-0.4, -0.2) is 12.2 Å². The largest absolute Gasteiger partial charge is 0.399 e. The van der Waals surface area contributed by atoms with Crippen molar-refractivity contribution in [2.45, 2.75) is 38.9 Å². The van der Waals surface area contributed by atoms with Gasteiger partial charge in [0.05, 0.1) is 11.2 Å². The van der Waals surface area contributed by atoms with Crippen LogP contribution in [0.25, 0.3) is 0 Å². The van der Waals surface area contributed by atoms with E-state index in [9.17, 15) is 5.11 Å². The zero-order valence-electron chi connectivity index (χ0n) is 14.6. The summed E-state index contributed by atoms with van der Waals surface area (Å²) in [5, 5.41) is 9.54. The van der Waals surface area contributed by atoms with E-state index in [2.05, 4.69) is 0 Å². The molecule has 0 bridgehead atoms. The zero-order valence-corrected chi connectivity index (χ0v) is 14.6. The van der Waals surface area contributed by atoms with Crippen molar-refractivity contribution in [2.24, 2.45) is 0 Å². The first kappa shape index (κ1) is 19.0. The molecule has 5 N–H and O–H groups in total. The Kier molecular flexibility index (Phi) is 6.19. The van der Waals surface area contributed by atoms with E-state index in [1.54, 1.807) is 33.1 Å². The van der Waals surface area contributed by atoms with E-state index >= 15 is 0 Å². The summed E-state index contributed by atoms with van der Waals surface area (Å²) in [6.07, 6.45) is 0. The van der Waals surface area contributed by atoms with Crippen LogP contribution in [-0.2, 0) is 15.9 Å². The fourth-order valence-electron chi connectivity index (χ4n) is 1.89. The van der Waals surface area contributed by atoms with Gasteiger partial charge in [-0.05, 0) is 63.1 Å². The normalized spacial score (nSPS) is 11.6. The first-order valence-electron chi connectivity index (χ1n) is 7.56. The van der Waals surface area contributed by atoms with Crippen LogP contribution in [0, 0.1) is 0 Å². The minimum absolute atomic E-state index is 0.228. The van der Waals surface area contributed by atoms with Crippen molar-refractivity contribution >= 4 is 11.4 Å². The highest BCUT2D eigenvalue weighted by molar-refractivity contribution is 5.41. The predicted molar refractivity (Wildman–Crippen MR) is 97.0 cm³/mol. The lowest BCUT2D eigenvalue weighted by Gasteiger charge is -2.23. The molecule has 0 radical (unpaired) electrons. The minimum atomic E-state index is -0.770. The average molecular weight is 316 g/mol. The Hall–Kier alpha value is -2.04. The number of nitrogen functional groups attached to an aromatic ring is 2. The summed E-state index contributed by atoms with van der Waals surface area (Å²) in [6, 6.07) is 15.0. The predicted octanol–water partition coefficient (Wildman–Crippen LogP) is 3.65. The van der Waals surface area contributed by atoms with Crippen LogP contribution in [0.15, 0.2) is 48.5 Å². The molecule has 4 heteroatoms. The van der Waals surface area contributed by atoms with Crippen LogP contribution in [0.5, 0.6) is 0 Å². The van der Waals surface area contributed by atoms with Gasteiger partial charge < -0.3 is 21.3 Å². The van der Waals surface area contributed by atoms with Crippen molar-refractivity contribution in [1.29, 1.82) is 0 Å². The number of hydrogen-bond acceptors (Lipinski definition) is 4. The van der Waals surface area contributed by atoms with Crippen molar-refractivity contribution in [1.82, 2.24) is 0 Å². The van der Waals surface area contributed by atoms with E-state index in [1.807, 2.05) is 50.2 Å². The van der Waals surface area contributed by atoms with E-state index in [0.717, 1.165) is 22.5 Å². The molecule has 0 amide bonds. The van der Waals surface area contributed by atoms with Crippen molar-refractivity contribution < 1.29 is 9.84 Å². The topological polar surface area (TPSA) is 81.5 Å². The van der Waals surface area contributed by atoms with Crippen LogP contribution < -0.4 is 11.5 Å². The van der Waals surface area contributed by atoms with Gasteiger partial charge in [0.15, 0.2) is 0 Å². The Morgan fingerprint density at radius 3 is 1.39 bits per heavy atom. The van der Waals surface area contributed by atoms with E-state index in [4.69, 9.17) is 16.2 Å². The smallest absolute Gasteiger partial charge is 0.0871 e. The Labute approximate surface area is 139 Å². The first-order valence-corrected chi connectivity index (χ1v) is 7.56. The Morgan fingerprint density at radius 1 is 0.739 bits per heavy atom. The lowest BCUT2D eigenvalue weighted by Crippen LogP contribution is -2.19. The highest BCUT2D eigenvalue weighted by Gasteiger charge is 2.18. The molecule has 0 spiro atoms. The fourth-order valence-corrected chi connectivity index (χ4v) is 1.89. The highest BCUT2D eigenvalue weighted by Crippen LogP contribution is 2.24. The SMILES string of the molecule is CC(C)(O)c1ccc(N)cc1.COC(C)(C)c1ccc(N)cc1.